The van der Waals surface area contributed by atoms with Gasteiger partial charge in [0.2, 0.25) is 5.91 Å². The second-order valence-electron chi connectivity index (χ2n) is 6.45. The lowest BCUT2D eigenvalue weighted by Gasteiger charge is -2.38. The zero-order valence-corrected chi connectivity index (χ0v) is 13.7. The first kappa shape index (κ1) is 16.4. The number of aromatic amines is 1. The van der Waals surface area contributed by atoms with Crippen molar-refractivity contribution in [3.63, 3.8) is 0 Å². The Morgan fingerprint density at radius 2 is 2.00 bits per heavy atom. The molecule has 3 rings (SSSR count). The van der Waals surface area contributed by atoms with Crippen LogP contribution in [0.3, 0.4) is 0 Å². The highest BCUT2D eigenvalue weighted by Gasteiger charge is 2.30. The van der Waals surface area contributed by atoms with Crippen molar-refractivity contribution in [3.8, 4) is 0 Å². The van der Waals surface area contributed by atoms with Crippen molar-refractivity contribution in [2.24, 2.45) is 0 Å². The van der Waals surface area contributed by atoms with E-state index in [1.807, 2.05) is 11.0 Å². The third-order valence-electron chi connectivity index (χ3n) is 4.94. The standard InChI is InChI=1S/C16H27N5O2/c22-12-11-19-7-9-20(10-8-19)13-16(23)21-6-2-1-3-15(21)14-4-5-17-18-14/h4-5,15,22H,1-3,6-13H2,(H,17,18). The molecule has 0 radical (unpaired) electrons. The molecule has 0 aliphatic carbocycles. The molecule has 1 aromatic heterocycles. The predicted octanol–water partition coefficient (Wildman–Crippen LogP) is 0.0732. The minimum atomic E-state index is 0.148. The maximum absolute atomic E-state index is 12.8. The van der Waals surface area contributed by atoms with Crippen LogP contribution in [0.4, 0.5) is 0 Å². The van der Waals surface area contributed by atoms with Gasteiger partial charge in [0.05, 0.1) is 24.9 Å². The Morgan fingerprint density at radius 3 is 2.70 bits per heavy atom. The molecule has 0 spiro atoms. The van der Waals surface area contributed by atoms with Gasteiger partial charge in [-0.1, -0.05) is 0 Å². The van der Waals surface area contributed by atoms with Crippen LogP contribution in [0.15, 0.2) is 12.3 Å². The van der Waals surface area contributed by atoms with Crippen molar-refractivity contribution in [1.82, 2.24) is 24.9 Å². The molecule has 1 amide bonds. The number of aliphatic hydroxyl groups is 1. The molecule has 23 heavy (non-hydrogen) atoms. The number of piperidine rings is 1. The molecular formula is C16H27N5O2. The number of carbonyl (C=O) groups excluding carboxylic acids is 1. The van der Waals surface area contributed by atoms with Crippen molar-refractivity contribution in [1.29, 1.82) is 0 Å². The lowest BCUT2D eigenvalue weighted by atomic mass is 9.99. The highest BCUT2D eigenvalue weighted by molar-refractivity contribution is 5.78. The van der Waals surface area contributed by atoms with Gasteiger partial charge in [0.1, 0.15) is 0 Å². The number of rotatable bonds is 5. The van der Waals surface area contributed by atoms with E-state index in [1.165, 1.54) is 0 Å². The second kappa shape index (κ2) is 7.90. The van der Waals surface area contributed by atoms with Crippen LogP contribution in [0.1, 0.15) is 31.0 Å². The Labute approximate surface area is 137 Å². The van der Waals surface area contributed by atoms with Crippen LogP contribution in [-0.4, -0.2) is 88.3 Å². The molecule has 0 bridgehead atoms. The van der Waals surface area contributed by atoms with Crippen LogP contribution in [-0.2, 0) is 4.79 Å². The van der Waals surface area contributed by atoms with Gasteiger partial charge >= 0.3 is 0 Å². The van der Waals surface area contributed by atoms with Gasteiger partial charge < -0.3 is 10.0 Å². The maximum atomic E-state index is 12.8. The summed E-state index contributed by atoms with van der Waals surface area (Å²) in [6, 6.07) is 2.12. The molecule has 0 aromatic carbocycles. The van der Waals surface area contributed by atoms with Crippen LogP contribution in [0, 0.1) is 0 Å². The third kappa shape index (κ3) is 4.10. The fourth-order valence-electron chi connectivity index (χ4n) is 3.60. The number of hydrogen-bond donors (Lipinski definition) is 2. The van der Waals surface area contributed by atoms with Gasteiger partial charge in [0.15, 0.2) is 0 Å². The van der Waals surface area contributed by atoms with Gasteiger partial charge in [-0.25, -0.2) is 0 Å². The van der Waals surface area contributed by atoms with E-state index in [0.29, 0.717) is 6.54 Å². The van der Waals surface area contributed by atoms with Crippen molar-refractivity contribution in [3.05, 3.63) is 18.0 Å². The van der Waals surface area contributed by atoms with Crippen LogP contribution >= 0.6 is 0 Å². The highest BCUT2D eigenvalue weighted by atomic mass is 16.3. The number of piperazine rings is 1. The monoisotopic (exact) mass is 321 g/mol. The summed E-state index contributed by atoms with van der Waals surface area (Å²) in [4.78, 5) is 19.3. The average molecular weight is 321 g/mol. The van der Waals surface area contributed by atoms with Gasteiger partial charge in [0, 0.05) is 45.5 Å². The number of likely N-dealkylation sites (tertiary alicyclic amines) is 1. The third-order valence-corrected chi connectivity index (χ3v) is 4.94. The van der Waals surface area contributed by atoms with Crippen molar-refractivity contribution in [2.45, 2.75) is 25.3 Å². The van der Waals surface area contributed by atoms with E-state index >= 15 is 0 Å². The molecule has 1 atom stereocenters. The highest BCUT2D eigenvalue weighted by Crippen LogP contribution is 2.29. The topological polar surface area (TPSA) is 75.7 Å². The molecule has 2 fully saturated rings. The summed E-state index contributed by atoms with van der Waals surface area (Å²) in [5.74, 6) is 0.222. The summed E-state index contributed by atoms with van der Waals surface area (Å²) in [7, 11) is 0. The lowest BCUT2D eigenvalue weighted by molar-refractivity contribution is -0.136. The molecule has 1 aromatic rings. The van der Waals surface area contributed by atoms with Gasteiger partial charge in [-0.3, -0.25) is 19.7 Å². The zero-order chi connectivity index (χ0) is 16.1. The summed E-state index contributed by atoms with van der Waals surface area (Å²) >= 11 is 0. The Kier molecular flexibility index (Phi) is 5.64. The fourth-order valence-corrected chi connectivity index (χ4v) is 3.60. The summed E-state index contributed by atoms with van der Waals surface area (Å²) in [5.41, 5.74) is 1.05. The number of aromatic nitrogens is 2. The number of nitrogens with zero attached hydrogens (tertiary/aromatic N) is 4. The summed E-state index contributed by atoms with van der Waals surface area (Å²) in [5, 5.41) is 16.1. The van der Waals surface area contributed by atoms with Gasteiger partial charge in [-0.05, 0) is 25.3 Å². The van der Waals surface area contributed by atoms with E-state index < -0.39 is 0 Å². The van der Waals surface area contributed by atoms with Crippen LogP contribution in [0.25, 0.3) is 0 Å². The van der Waals surface area contributed by atoms with Crippen LogP contribution in [0.2, 0.25) is 0 Å². The molecule has 2 saturated heterocycles. The number of β-amino-alcohol motifs (C(OH)–C–C–N with tert-alkyl or cyclic N) is 1. The van der Waals surface area contributed by atoms with Gasteiger partial charge in [-0.15, -0.1) is 0 Å². The van der Waals surface area contributed by atoms with Crippen molar-refractivity contribution < 1.29 is 9.90 Å². The largest absolute Gasteiger partial charge is 0.395 e. The van der Waals surface area contributed by atoms with Crippen LogP contribution in [0.5, 0.6) is 0 Å². The SMILES string of the molecule is O=C(CN1CCN(CCO)CC1)N1CCCCC1c1ccn[nH]1. The number of nitrogens with one attached hydrogen (secondary N) is 1. The molecule has 7 heteroatoms. The van der Waals surface area contributed by atoms with Crippen LogP contribution < -0.4 is 0 Å². The molecule has 0 saturated carbocycles. The first-order valence-electron chi connectivity index (χ1n) is 8.62. The van der Waals surface area contributed by atoms with Gasteiger partial charge in [0.25, 0.3) is 0 Å². The molecule has 128 valence electrons. The molecular weight excluding hydrogens is 294 g/mol. The van der Waals surface area contributed by atoms with E-state index in [9.17, 15) is 4.79 Å². The summed E-state index contributed by atoms with van der Waals surface area (Å²) < 4.78 is 0. The average Bonchev–Trinajstić information content (AvgIpc) is 3.11. The molecule has 7 nitrogen and oxygen atoms in total. The molecule has 2 aliphatic heterocycles. The van der Waals surface area contributed by atoms with E-state index in [2.05, 4.69) is 20.0 Å². The quantitative estimate of drug-likeness (QED) is 0.803. The summed E-state index contributed by atoms with van der Waals surface area (Å²) in [6.45, 7) is 5.93. The van der Waals surface area contributed by atoms with Crippen molar-refractivity contribution in [2.75, 3.05) is 52.4 Å². The van der Waals surface area contributed by atoms with Crippen molar-refractivity contribution >= 4 is 5.91 Å². The van der Waals surface area contributed by atoms with E-state index in [-0.39, 0.29) is 18.6 Å². The normalized spacial score (nSPS) is 24.0. The second-order valence-corrected chi connectivity index (χ2v) is 6.45. The van der Waals surface area contributed by atoms with E-state index in [1.54, 1.807) is 6.20 Å². The fraction of sp³-hybridized carbons (Fsp3) is 0.750. The first-order chi connectivity index (χ1) is 11.3. The Balaban J connectivity index is 1.54. The van der Waals surface area contributed by atoms with Gasteiger partial charge in [-0.2, -0.15) is 5.10 Å². The molecule has 2 aliphatic rings. The van der Waals surface area contributed by atoms with E-state index in [0.717, 1.165) is 64.2 Å². The zero-order valence-electron chi connectivity index (χ0n) is 13.7. The first-order valence-corrected chi connectivity index (χ1v) is 8.62. The minimum Gasteiger partial charge on any atom is -0.395 e. The lowest BCUT2D eigenvalue weighted by Crippen LogP contribution is -2.51. The number of H-pyrrole nitrogens is 1. The number of carbonyl (C=O) groups is 1. The number of hydrogen-bond acceptors (Lipinski definition) is 5. The predicted molar refractivity (Wildman–Crippen MR) is 86.9 cm³/mol. The Bertz CT molecular complexity index is 485. The van der Waals surface area contributed by atoms with E-state index in [4.69, 9.17) is 5.11 Å². The minimum absolute atomic E-state index is 0.148. The Hall–Kier alpha value is -1.44. The Morgan fingerprint density at radius 1 is 1.22 bits per heavy atom. The molecule has 3 heterocycles. The number of amides is 1. The molecule has 2 N–H and O–H groups in total. The molecule has 1 unspecified atom stereocenters. The smallest absolute Gasteiger partial charge is 0.237 e. The maximum Gasteiger partial charge on any atom is 0.237 e. The summed E-state index contributed by atoms with van der Waals surface area (Å²) in [6.07, 6.45) is 5.01. The number of aliphatic hydroxyl groups excluding tert-OH is 1.